The van der Waals surface area contributed by atoms with Gasteiger partial charge in [-0.25, -0.2) is 0 Å². The first kappa shape index (κ1) is 72.1. The van der Waals surface area contributed by atoms with Crippen LogP contribution in [0.15, 0.2) is 60.8 Å². The van der Waals surface area contributed by atoms with E-state index < -0.39 is 12.1 Å². The number of ether oxygens (including phenoxy) is 3. The minimum absolute atomic E-state index is 0.0992. The van der Waals surface area contributed by atoms with Gasteiger partial charge in [0.15, 0.2) is 6.10 Å². The molecule has 0 aromatic carbocycles. The summed E-state index contributed by atoms with van der Waals surface area (Å²) in [5.74, 6) is -1.01. The van der Waals surface area contributed by atoms with Crippen molar-refractivity contribution in [3.8, 4) is 0 Å². The Morgan fingerprint density at radius 3 is 0.813 bits per heavy atom. The largest absolute Gasteiger partial charge is 0.462 e. The molecule has 0 heterocycles. The molecule has 0 saturated heterocycles. The van der Waals surface area contributed by atoms with Crippen molar-refractivity contribution in [2.75, 3.05) is 13.2 Å². The van der Waals surface area contributed by atoms with Crippen LogP contribution >= 0.6 is 0 Å². The summed E-state index contributed by atoms with van der Waals surface area (Å²) in [5.41, 5.74) is 0. The van der Waals surface area contributed by atoms with E-state index >= 15 is 0 Å². The fourth-order valence-electron chi connectivity index (χ4n) is 9.70. The Hall–Kier alpha value is -2.89. The molecule has 0 N–H and O–H groups in total. The molecule has 6 heteroatoms. The van der Waals surface area contributed by atoms with Gasteiger partial charge in [0.2, 0.25) is 0 Å². The Morgan fingerprint density at radius 2 is 0.520 bits per heavy atom. The summed E-state index contributed by atoms with van der Waals surface area (Å²) in [6, 6.07) is 0. The Bertz CT molecular complexity index is 1340. The summed E-state index contributed by atoms with van der Waals surface area (Å²) in [6.45, 7) is 6.50. The Kier molecular flexibility index (Phi) is 61.2. The highest BCUT2D eigenvalue weighted by atomic mass is 16.6. The summed E-state index contributed by atoms with van der Waals surface area (Å²) in [7, 11) is 0. The molecule has 1 atom stereocenters. The van der Waals surface area contributed by atoms with Crippen molar-refractivity contribution >= 4 is 17.9 Å². The molecule has 0 radical (unpaired) electrons. The number of hydrogen-bond donors (Lipinski definition) is 0. The van der Waals surface area contributed by atoms with Crippen LogP contribution in [-0.4, -0.2) is 37.2 Å². The molecule has 0 aliphatic rings. The zero-order valence-electron chi connectivity index (χ0n) is 50.1. The van der Waals surface area contributed by atoms with E-state index in [9.17, 15) is 14.4 Å². The highest BCUT2D eigenvalue weighted by Crippen LogP contribution is 2.18. The molecule has 0 aromatic heterocycles. The Labute approximate surface area is 466 Å². The number of esters is 3. The van der Waals surface area contributed by atoms with Crippen molar-refractivity contribution < 1.29 is 28.6 Å². The standard InChI is InChI=1S/C69H124O6/c1-4-7-10-13-16-19-22-25-28-30-31-32-33-34-35-36-37-38-39-42-44-47-50-53-56-59-62-68(71)74-65-66(64-73-67(70)61-58-55-52-49-46-43-40-27-24-21-18-15-12-9-6-3)75-69(72)63-60-57-54-51-48-45-41-29-26-23-20-17-14-11-8-5-2/h9,12,18,21,27,40,46,49,55,58,66H,4-8,10-11,13-17,19-20,22-26,28-39,41-45,47-48,50-54,56-57,59-65H2,1-3H3/b12-9-,21-18-,40-27-,49-46-,58-55-. The third-order valence-corrected chi connectivity index (χ3v) is 14.6. The number of unbranched alkanes of at least 4 members (excludes halogenated alkanes) is 40. The van der Waals surface area contributed by atoms with Crippen LogP contribution in [0.2, 0.25) is 0 Å². The van der Waals surface area contributed by atoms with Crippen molar-refractivity contribution in [3.63, 3.8) is 0 Å². The van der Waals surface area contributed by atoms with Crippen LogP contribution in [-0.2, 0) is 28.6 Å². The second-order valence-electron chi connectivity index (χ2n) is 22.0. The lowest BCUT2D eigenvalue weighted by Crippen LogP contribution is -2.30. The summed E-state index contributed by atoms with van der Waals surface area (Å²) in [6.07, 6.45) is 81.3. The highest BCUT2D eigenvalue weighted by Gasteiger charge is 2.19. The average Bonchev–Trinajstić information content (AvgIpc) is 3.41. The molecule has 0 saturated carbocycles. The summed E-state index contributed by atoms with van der Waals surface area (Å²) >= 11 is 0. The van der Waals surface area contributed by atoms with Crippen molar-refractivity contribution in [1.29, 1.82) is 0 Å². The molecule has 6 nitrogen and oxygen atoms in total. The minimum Gasteiger partial charge on any atom is -0.462 e. The number of rotatable bonds is 60. The van der Waals surface area contributed by atoms with Gasteiger partial charge in [-0.1, -0.05) is 338 Å². The Morgan fingerprint density at radius 1 is 0.280 bits per heavy atom. The first-order chi connectivity index (χ1) is 37.0. The van der Waals surface area contributed by atoms with Gasteiger partial charge >= 0.3 is 17.9 Å². The zero-order valence-corrected chi connectivity index (χ0v) is 50.1. The SMILES string of the molecule is CC/C=C\C/C=C\C/C=C\C/C=C\C/C=C\CC(=O)OCC(COC(=O)CCCCCCCCCCCCCCCCCCCCCCCCCCCC)OC(=O)CCCCCCCCCCCCCCCCCC. The smallest absolute Gasteiger partial charge is 0.309 e. The number of carbonyl (C=O) groups excluding carboxylic acids is 3. The first-order valence-electron chi connectivity index (χ1n) is 32.8. The molecule has 0 aromatic rings. The van der Waals surface area contributed by atoms with Crippen molar-refractivity contribution in [3.05, 3.63) is 60.8 Å². The Balaban J connectivity index is 4.29. The molecule has 0 amide bonds. The van der Waals surface area contributed by atoms with E-state index in [0.717, 1.165) is 70.6 Å². The van der Waals surface area contributed by atoms with Gasteiger partial charge in [-0.2, -0.15) is 0 Å². The highest BCUT2D eigenvalue weighted by molar-refractivity contribution is 5.72. The first-order valence-corrected chi connectivity index (χ1v) is 32.8. The predicted octanol–water partition coefficient (Wildman–Crippen LogP) is 22.3. The monoisotopic (exact) mass is 1050 g/mol. The lowest BCUT2D eigenvalue weighted by Gasteiger charge is -2.18. The number of carbonyl (C=O) groups is 3. The molecule has 436 valence electrons. The van der Waals surface area contributed by atoms with Crippen LogP contribution in [0.5, 0.6) is 0 Å². The molecule has 0 rings (SSSR count). The van der Waals surface area contributed by atoms with E-state index in [1.165, 1.54) is 231 Å². The van der Waals surface area contributed by atoms with Crippen LogP contribution in [0.3, 0.4) is 0 Å². The van der Waals surface area contributed by atoms with Crippen LogP contribution in [0, 0.1) is 0 Å². The molecule has 0 spiro atoms. The fraction of sp³-hybridized carbons (Fsp3) is 0.812. The second-order valence-corrected chi connectivity index (χ2v) is 22.0. The lowest BCUT2D eigenvalue weighted by molar-refractivity contribution is -0.166. The average molecular weight is 1050 g/mol. The predicted molar refractivity (Wildman–Crippen MR) is 325 cm³/mol. The van der Waals surface area contributed by atoms with Gasteiger partial charge in [-0.05, 0) is 44.9 Å². The molecular formula is C69H124O6. The van der Waals surface area contributed by atoms with Crippen LogP contribution in [0.4, 0.5) is 0 Å². The lowest BCUT2D eigenvalue weighted by atomic mass is 10.0. The van der Waals surface area contributed by atoms with E-state index in [1.54, 1.807) is 0 Å². The van der Waals surface area contributed by atoms with Crippen LogP contribution in [0.1, 0.15) is 342 Å². The molecule has 0 aliphatic carbocycles. The van der Waals surface area contributed by atoms with Gasteiger partial charge < -0.3 is 14.2 Å². The van der Waals surface area contributed by atoms with Gasteiger partial charge in [0.05, 0.1) is 6.42 Å². The molecule has 75 heavy (non-hydrogen) atoms. The number of allylic oxidation sites excluding steroid dienone is 9. The summed E-state index contributed by atoms with van der Waals surface area (Å²) in [4.78, 5) is 38.2. The van der Waals surface area contributed by atoms with Gasteiger partial charge in [0.25, 0.3) is 0 Å². The molecule has 0 bridgehead atoms. The maximum atomic E-state index is 12.9. The minimum atomic E-state index is -0.811. The van der Waals surface area contributed by atoms with E-state index in [2.05, 4.69) is 69.4 Å². The van der Waals surface area contributed by atoms with Crippen molar-refractivity contribution in [2.45, 2.75) is 348 Å². The van der Waals surface area contributed by atoms with E-state index in [-0.39, 0.29) is 31.6 Å². The van der Waals surface area contributed by atoms with Crippen molar-refractivity contribution in [1.82, 2.24) is 0 Å². The maximum Gasteiger partial charge on any atom is 0.309 e. The third kappa shape index (κ3) is 61.8. The molecular weight excluding hydrogens is 925 g/mol. The molecule has 0 aliphatic heterocycles. The maximum absolute atomic E-state index is 12.9. The third-order valence-electron chi connectivity index (χ3n) is 14.6. The van der Waals surface area contributed by atoms with Crippen LogP contribution in [0.25, 0.3) is 0 Å². The molecule has 1 unspecified atom stereocenters. The van der Waals surface area contributed by atoms with Crippen molar-refractivity contribution in [2.24, 2.45) is 0 Å². The topological polar surface area (TPSA) is 78.9 Å². The molecule has 0 fully saturated rings. The normalized spacial score (nSPS) is 12.4. The second kappa shape index (κ2) is 63.6. The quantitative estimate of drug-likeness (QED) is 0.0261. The van der Waals surface area contributed by atoms with E-state index in [4.69, 9.17) is 14.2 Å². The van der Waals surface area contributed by atoms with Gasteiger partial charge in [-0.15, -0.1) is 0 Å². The zero-order chi connectivity index (χ0) is 54.3. The van der Waals surface area contributed by atoms with E-state index in [1.807, 2.05) is 12.2 Å². The van der Waals surface area contributed by atoms with E-state index in [0.29, 0.717) is 12.8 Å². The van der Waals surface area contributed by atoms with Gasteiger partial charge in [0, 0.05) is 12.8 Å². The summed E-state index contributed by atoms with van der Waals surface area (Å²) < 4.78 is 16.8. The fourth-order valence-corrected chi connectivity index (χ4v) is 9.70. The summed E-state index contributed by atoms with van der Waals surface area (Å²) in [5, 5.41) is 0. The number of hydrogen-bond acceptors (Lipinski definition) is 6. The van der Waals surface area contributed by atoms with Gasteiger partial charge in [-0.3, -0.25) is 14.4 Å². The van der Waals surface area contributed by atoms with Crippen LogP contribution < -0.4 is 0 Å². The van der Waals surface area contributed by atoms with Gasteiger partial charge in [0.1, 0.15) is 13.2 Å².